The smallest absolute Gasteiger partial charge is 0.0948 e. The molecule has 1 saturated heterocycles. The molecular formula is C17H27NO3. The highest BCUT2D eigenvalue weighted by Crippen LogP contribution is 2.20. The monoisotopic (exact) mass is 293 g/mol. The maximum Gasteiger partial charge on any atom is 0.0948 e. The summed E-state index contributed by atoms with van der Waals surface area (Å²) < 4.78 is 11.1. The molecule has 1 fully saturated rings. The van der Waals surface area contributed by atoms with E-state index in [9.17, 15) is 5.11 Å². The number of benzene rings is 1. The van der Waals surface area contributed by atoms with Gasteiger partial charge in [0.1, 0.15) is 0 Å². The first-order valence-corrected chi connectivity index (χ1v) is 7.72. The molecular weight excluding hydrogens is 266 g/mol. The van der Waals surface area contributed by atoms with E-state index in [2.05, 4.69) is 36.9 Å². The van der Waals surface area contributed by atoms with E-state index in [-0.39, 0.29) is 6.10 Å². The lowest BCUT2D eigenvalue weighted by molar-refractivity contribution is -0.0573. The highest BCUT2D eigenvalue weighted by atomic mass is 16.5. The molecule has 1 N–H and O–H groups in total. The van der Waals surface area contributed by atoms with Crippen LogP contribution < -0.4 is 4.90 Å². The summed E-state index contributed by atoms with van der Waals surface area (Å²) in [4.78, 5) is 2.10. The highest BCUT2D eigenvalue weighted by molar-refractivity contribution is 5.54. The molecule has 1 aliphatic heterocycles. The summed E-state index contributed by atoms with van der Waals surface area (Å²) >= 11 is 0. The molecule has 4 heteroatoms. The zero-order chi connectivity index (χ0) is 15.2. The van der Waals surface area contributed by atoms with Crippen LogP contribution in [0.2, 0.25) is 0 Å². The van der Waals surface area contributed by atoms with Crippen molar-refractivity contribution in [3.05, 3.63) is 29.3 Å². The van der Waals surface area contributed by atoms with Gasteiger partial charge in [-0.15, -0.1) is 0 Å². The largest absolute Gasteiger partial charge is 0.389 e. The van der Waals surface area contributed by atoms with Crippen LogP contribution in [0.5, 0.6) is 0 Å². The van der Waals surface area contributed by atoms with Crippen molar-refractivity contribution in [2.45, 2.75) is 38.9 Å². The normalized spacial score (nSPS) is 17.7. The third-order valence-corrected chi connectivity index (χ3v) is 3.95. The summed E-state index contributed by atoms with van der Waals surface area (Å²) in [5, 5.41) is 10.2. The molecule has 118 valence electrons. The van der Waals surface area contributed by atoms with Gasteiger partial charge in [0.25, 0.3) is 0 Å². The van der Waals surface area contributed by atoms with E-state index in [0.29, 0.717) is 13.2 Å². The quantitative estimate of drug-likeness (QED) is 0.874. The topological polar surface area (TPSA) is 41.9 Å². The summed E-state index contributed by atoms with van der Waals surface area (Å²) in [6.45, 7) is 6.68. The zero-order valence-electron chi connectivity index (χ0n) is 13.3. The lowest BCUT2D eigenvalue weighted by Crippen LogP contribution is -2.35. The van der Waals surface area contributed by atoms with Crippen LogP contribution in [0.1, 0.15) is 24.0 Å². The average molecular weight is 293 g/mol. The summed E-state index contributed by atoms with van der Waals surface area (Å²) in [5.41, 5.74) is 3.62. The van der Waals surface area contributed by atoms with Crippen molar-refractivity contribution in [1.82, 2.24) is 0 Å². The zero-order valence-corrected chi connectivity index (χ0v) is 13.3. The van der Waals surface area contributed by atoms with Gasteiger partial charge in [0.2, 0.25) is 0 Å². The van der Waals surface area contributed by atoms with E-state index in [0.717, 1.165) is 26.1 Å². The second-order valence-electron chi connectivity index (χ2n) is 5.97. The van der Waals surface area contributed by atoms with Crippen LogP contribution in [0.4, 0.5) is 5.69 Å². The fourth-order valence-electron chi connectivity index (χ4n) is 2.69. The molecule has 1 aromatic carbocycles. The summed E-state index contributed by atoms with van der Waals surface area (Å²) in [7, 11) is 2.01. The van der Waals surface area contributed by atoms with E-state index in [1.165, 1.54) is 16.8 Å². The Balaban J connectivity index is 1.81. The number of hydrogen-bond donors (Lipinski definition) is 1. The van der Waals surface area contributed by atoms with E-state index >= 15 is 0 Å². The third kappa shape index (κ3) is 4.99. The minimum absolute atomic E-state index is 0.236. The molecule has 0 aromatic heterocycles. The Kier molecular flexibility index (Phi) is 6.03. The van der Waals surface area contributed by atoms with E-state index in [1.54, 1.807) is 0 Å². The van der Waals surface area contributed by atoms with Gasteiger partial charge in [0.15, 0.2) is 0 Å². The first kappa shape index (κ1) is 16.3. The molecule has 21 heavy (non-hydrogen) atoms. The first-order chi connectivity index (χ1) is 10.1. The number of aliphatic hydroxyl groups excluding tert-OH is 1. The average Bonchev–Trinajstić information content (AvgIpc) is 2.48. The van der Waals surface area contributed by atoms with Crippen molar-refractivity contribution in [3.8, 4) is 0 Å². The fraction of sp³-hybridized carbons (Fsp3) is 0.647. The molecule has 1 atom stereocenters. The minimum atomic E-state index is -0.474. The van der Waals surface area contributed by atoms with Gasteiger partial charge in [-0.1, -0.05) is 12.1 Å². The Labute approximate surface area is 127 Å². The van der Waals surface area contributed by atoms with Gasteiger partial charge in [-0.25, -0.2) is 0 Å². The number of nitrogens with zero attached hydrogens (tertiary/aromatic N) is 1. The molecule has 0 amide bonds. The van der Waals surface area contributed by atoms with Crippen LogP contribution in [-0.2, 0) is 9.47 Å². The van der Waals surface area contributed by atoms with Crippen LogP contribution >= 0.6 is 0 Å². The number of aryl methyl sites for hydroxylation is 2. The number of likely N-dealkylation sites (N-methyl/N-ethyl adjacent to an activating group) is 1. The lowest BCUT2D eigenvalue weighted by Gasteiger charge is -2.27. The molecule has 0 radical (unpaired) electrons. The first-order valence-electron chi connectivity index (χ1n) is 7.72. The van der Waals surface area contributed by atoms with Crippen molar-refractivity contribution in [1.29, 1.82) is 0 Å². The second-order valence-corrected chi connectivity index (χ2v) is 5.97. The van der Waals surface area contributed by atoms with Gasteiger partial charge < -0.3 is 19.5 Å². The molecule has 1 heterocycles. The lowest BCUT2D eigenvalue weighted by atomic mass is 10.1. The van der Waals surface area contributed by atoms with Crippen LogP contribution in [0.25, 0.3) is 0 Å². The van der Waals surface area contributed by atoms with Gasteiger partial charge in [-0.3, -0.25) is 0 Å². The van der Waals surface area contributed by atoms with E-state index in [4.69, 9.17) is 9.47 Å². The standard InChI is InChI=1S/C17H27NO3/c1-13-4-5-14(2)17(10-13)18(3)11-15(19)12-21-16-6-8-20-9-7-16/h4-5,10,15-16,19H,6-9,11-12H2,1-3H3. The predicted molar refractivity (Wildman–Crippen MR) is 85.0 cm³/mol. The SMILES string of the molecule is Cc1ccc(C)c(N(C)CC(O)COC2CCOCC2)c1. The van der Waals surface area contributed by atoms with Crippen LogP contribution in [0, 0.1) is 13.8 Å². The van der Waals surface area contributed by atoms with E-state index in [1.807, 2.05) is 7.05 Å². The van der Waals surface area contributed by atoms with Gasteiger partial charge in [0, 0.05) is 32.5 Å². The summed E-state index contributed by atoms with van der Waals surface area (Å²) in [6.07, 6.45) is 1.62. The van der Waals surface area contributed by atoms with E-state index < -0.39 is 6.10 Å². The maximum atomic E-state index is 10.2. The third-order valence-electron chi connectivity index (χ3n) is 3.95. The number of hydrogen-bond acceptors (Lipinski definition) is 4. The van der Waals surface area contributed by atoms with Crippen molar-refractivity contribution in [2.75, 3.05) is 38.3 Å². The number of ether oxygens (including phenoxy) is 2. The van der Waals surface area contributed by atoms with Crippen molar-refractivity contribution >= 4 is 5.69 Å². The molecule has 0 spiro atoms. The Bertz CT molecular complexity index is 444. The Hall–Kier alpha value is -1.10. The maximum absolute atomic E-state index is 10.2. The molecule has 2 rings (SSSR count). The van der Waals surface area contributed by atoms with Gasteiger partial charge in [0.05, 0.1) is 18.8 Å². The summed E-state index contributed by atoms with van der Waals surface area (Å²) in [6, 6.07) is 6.38. The Morgan fingerprint density at radius 1 is 1.33 bits per heavy atom. The molecule has 4 nitrogen and oxygen atoms in total. The molecule has 0 aliphatic carbocycles. The highest BCUT2D eigenvalue weighted by Gasteiger charge is 2.17. The Morgan fingerprint density at radius 3 is 2.76 bits per heavy atom. The number of rotatable bonds is 6. The Morgan fingerprint density at radius 2 is 2.05 bits per heavy atom. The van der Waals surface area contributed by atoms with Gasteiger partial charge in [-0.2, -0.15) is 0 Å². The molecule has 0 saturated carbocycles. The van der Waals surface area contributed by atoms with Crippen LogP contribution in [0.15, 0.2) is 18.2 Å². The van der Waals surface area contributed by atoms with Crippen molar-refractivity contribution in [2.24, 2.45) is 0 Å². The summed E-state index contributed by atoms with van der Waals surface area (Å²) in [5.74, 6) is 0. The molecule has 1 unspecified atom stereocenters. The van der Waals surface area contributed by atoms with Crippen molar-refractivity contribution < 1.29 is 14.6 Å². The fourth-order valence-corrected chi connectivity index (χ4v) is 2.69. The number of aliphatic hydroxyl groups is 1. The second kappa shape index (κ2) is 7.78. The van der Waals surface area contributed by atoms with Gasteiger partial charge in [-0.05, 0) is 43.9 Å². The van der Waals surface area contributed by atoms with Crippen molar-refractivity contribution in [3.63, 3.8) is 0 Å². The molecule has 0 bridgehead atoms. The van der Waals surface area contributed by atoms with Crippen LogP contribution in [-0.4, -0.2) is 50.7 Å². The number of anilines is 1. The predicted octanol–water partition coefficient (Wildman–Crippen LogP) is 2.30. The van der Waals surface area contributed by atoms with Crippen LogP contribution in [0.3, 0.4) is 0 Å². The molecule has 1 aliphatic rings. The molecule has 1 aromatic rings. The minimum Gasteiger partial charge on any atom is -0.389 e. The van der Waals surface area contributed by atoms with Gasteiger partial charge >= 0.3 is 0 Å².